The maximum Gasteiger partial charge on any atom is 0.195 e. The number of aromatic nitrogens is 1. The van der Waals surface area contributed by atoms with Gasteiger partial charge in [0.05, 0.1) is 7.11 Å². The Morgan fingerprint density at radius 1 is 1.24 bits per heavy atom. The largest absolute Gasteiger partial charge is 0.497 e. The van der Waals surface area contributed by atoms with E-state index < -0.39 is 0 Å². The van der Waals surface area contributed by atoms with Crippen molar-refractivity contribution in [3.05, 3.63) is 24.1 Å². The summed E-state index contributed by atoms with van der Waals surface area (Å²) in [7, 11) is 1.66. The number of ether oxygens (including phenoxy) is 1. The number of methoxy groups -OCH3 is 1. The van der Waals surface area contributed by atoms with Gasteiger partial charge in [-0.1, -0.05) is 26.2 Å². The summed E-state index contributed by atoms with van der Waals surface area (Å²) in [4.78, 5) is 4.47. The molecule has 0 spiro atoms. The maximum atomic E-state index is 5.68. The van der Waals surface area contributed by atoms with Crippen molar-refractivity contribution in [1.82, 2.24) is 4.98 Å². The van der Waals surface area contributed by atoms with Crippen LogP contribution in [0.4, 0.5) is 0 Å². The van der Waals surface area contributed by atoms with E-state index in [0.717, 1.165) is 35.6 Å². The molecule has 0 saturated heterocycles. The molecule has 1 heterocycles. The van der Waals surface area contributed by atoms with Gasteiger partial charge in [0.15, 0.2) is 11.5 Å². The Balaban J connectivity index is 2.04. The summed E-state index contributed by atoms with van der Waals surface area (Å²) in [5.41, 5.74) is 1.73. The number of oxazole rings is 1. The van der Waals surface area contributed by atoms with Gasteiger partial charge in [-0.2, -0.15) is 0 Å². The fraction of sp³-hybridized carbons (Fsp3) is 0.500. The molecule has 0 N–H and O–H groups in total. The lowest BCUT2D eigenvalue weighted by atomic mass is 10.1. The lowest BCUT2D eigenvalue weighted by Crippen LogP contribution is -1.85. The predicted octanol–water partition coefficient (Wildman–Crippen LogP) is 3.96. The van der Waals surface area contributed by atoms with Crippen LogP contribution in [-0.4, -0.2) is 12.1 Å². The lowest BCUT2D eigenvalue weighted by molar-refractivity contribution is 0.415. The van der Waals surface area contributed by atoms with Gasteiger partial charge in [-0.15, -0.1) is 0 Å². The highest BCUT2D eigenvalue weighted by molar-refractivity contribution is 5.74. The predicted molar refractivity (Wildman–Crippen MR) is 68.4 cm³/mol. The van der Waals surface area contributed by atoms with Gasteiger partial charge in [0.1, 0.15) is 11.3 Å². The van der Waals surface area contributed by atoms with Crippen molar-refractivity contribution in [3.8, 4) is 5.75 Å². The van der Waals surface area contributed by atoms with Crippen LogP contribution in [0.15, 0.2) is 22.6 Å². The van der Waals surface area contributed by atoms with E-state index in [0.29, 0.717) is 0 Å². The highest BCUT2D eigenvalue weighted by Gasteiger charge is 2.06. The molecule has 3 heteroatoms. The number of hydrogen-bond acceptors (Lipinski definition) is 3. The van der Waals surface area contributed by atoms with Crippen molar-refractivity contribution in [2.24, 2.45) is 0 Å². The average Bonchev–Trinajstić information content (AvgIpc) is 2.76. The van der Waals surface area contributed by atoms with Crippen LogP contribution in [-0.2, 0) is 6.42 Å². The molecule has 0 aliphatic rings. The van der Waals surface area contributed by atoms with Crippen molar-refractivity contribution < 1.29 is 9.15 Å². The topological polar surface area (TPSA) is 35.3 Å². The Morgan fingerprint density at radius 2 is 2.12 bits per heavy atom. The molecule has 0 radical (unpaired) electrons. The van der Waals surface area contributed by atoms with Gasteiger partial charge in [-0.05, 0) is 18.6 Å². The molecule has 1 aromatic carbocycles. The third-order valence-electron chi connectivity index (χ3n) is 2.88. The quantitative estimate of drug-likeness (QED) is 0.708. The van der Waals surface area contributed by atoms with E-state index in [9.17, 15) is 0 Å². The maximum absolute atomic E-state index is 5.68. The molecule has 0 saturated carbocycles. The first-order valence-corrected chi connectivity index (χ1v) is 6.27. The minimum Gasteiger partial charge on any atom is -0.497 e. The van der Waals surface area contributed by atoms with E-state index in [2.05, 4.69) is 11.9 Å². The molecule has 2 rings (SSSR count). The molecule has 1 aromatic heterocycles. The van der Waals surface area contributed by atoms with Crippen molar-refractivity contribution >= 4 is 11.1 Å². The molecule has 0 fully saturated rings. The zero-order valence-corrected chi connectivity index (χ0v) is 10.5. The smallest absolute Gasteiger partial charge is 0.195 e. The van der Waals surface area contributed by atoms with E-state index in [-0.39, 0.29) is 0 Å². The molecular weight excluding hydrogens is 214 g/mol. The first-order chi connectivity index (χ1) is 8.33. The van der Waals surface area contributed by atoms with E-state index >= 15 is 0 Å². The van der Waals surface area contributed by atoms with Gasteiger partial charge in [-0.3, -0.25) is 0 Å². The number of aryl methyl sites for hydroxylation is 1. The van der Waals surface area contributed by atoms with Crippen LogP contribution >= 0.6 is 0 Å². The van der Waals surface area contributed by atoms with Crippen LogP contribution in [0.3, 0.4) is 0 Å². The first kappa shape index (κ1) is 12.0. The Bertz CT molecular complexity index is 476. The third kappa shape index (κ3) is 2.99. The Labute approximate surface area is 102 Å². The van der Waals surface area contributed by atoms with Crippen LogP contribution < -0.4 is 4.74 Å². The number of rotatable bonds is 6. The fourth-order valence-corrected chi connectivity index (χ4v) is 1.89. The summed E-state index contributed by atoms with van der Waals surface area (Å²) in [5.74, 6) is 1.66. The van der Waals surface area contributed by atoms with Gasteiger partial charge in [0.2, 0.25) is 0 Å². The molecule has 0 bridgehead atoms. The normalized spacial score (nSPS) is 10.9. The van der Waals surface area contributed by atoms with Crippen LogP contribution in [0.2, 0.25) is 0 Å². The van der Waals surface area contributed by atoms with Gasteiger partial charge in [0.25, 0.3) is 0 Å². The fourth-order valence-electron chi connectivity index (χ4n) is 1.89. The Hall–Kier alpha value is -1.51. The molecule has 3 nitrogen and oxygen atoms in total. The number of hydrogen-bond donors (Lipinski definition) is 0. The molecular formula is C14H19NO2. The van der Waals surface area contributed by atoms with Crippen LogP contribution in [0.5, 0.6) is 5.75 Å². The molecule has 0 aliphatic heterocycles. The van der Waals surface area contributed by atoms with Crippen LogP contribution in [0.1, 0.15) is 38.5 Å². The second-order valence-corrected chi connectivity index (χ2v) is 4.25. The van der Waals surface area contributed by atoms with Crippen LogP contribution in [0.25, 0.3) is 11.1 Å². The van der Waals surface area contributed by atoms with Gasteiger partial charge in [0, 0.05) is 12.5 Å². The first-order valence-electron chi connectivity index (χ1n) is 6.27. The van der Waals surface area contributed by atoms with E-state index in [1.54, 1.807) is 7.11 Å². The summed E-state index contributed by atoms with van der Waals surface area (Å²) in [6, 6.07) is 5.72. The molecule has 92 valence electrons. The molecule has 0 aliphatic carbocycles. The van der Waals surface area contributed by atoms with Gasteiger partial charge < -0.3 is 9.15 Å². The number of unbranched alkanes of at least 4 members (excludes halogenated alkanes) is 3. The monoisotopic (exact) mass is 233 g/mol. The Morgan fingerprint density at radius 3 is 2.88 bits per heavy atom. The zero-order valence-electron chi connectivity index (χ0n) is 10.5. The van der Waals surface area contributed by atoms with Crippen molar-refractivity contribution in [1.29, 1.82) is 0 Å². The molecule has 0 unspecified atom stereocenters. The minimum absolute atomic E-state index is 0.823. The van der Waals surface area contributed by atoms with E-state index in [1.807, 2.05) is 18.2 Å². The summed E-state index contributed by atoms with van der Waals surface area (Å²) >= 11 is 0. The molecule has 0 atom stereocenters. The molecule has 2 aromatic rings. The summed E-state index contributed by atoms with van der Waals surface area (Å²) in [5, 5.41) is 0. The van der Waals surface area contributed by atoms with Crippen LogP contribution in [0, 0.1) is 0 Å². The summed E-state index contributed by atoms with van der Waals surface area (Å²) in [6.07, 6.45) is 5.87. The summed E-state index contributed by atoms with van der Waals surface area (Å²) < 4.78 is 10.8. The molecule has 17 heavy (non-hydrogen) atoms. The van der Waals surface area contributed by atoms with E-state index in [4.69, 9.17) is 9.15 Å². The van der Waals surface area contributed by atoms with Crippen molar-refractivity contribution in [2.75, 3.05) is 7.11 Å². The number of fused-ring (bicyclic) bond motifs is 1. The van der Waals surface area contributed by atoms with Crippen molar-refractivity contribution in [2.45, 2.75) is 39.0 Å². The second kappa shape index (κ2) is 5.71. The van der Waals surface area contributed by atoms with Gasteiger partial charge >= 0.3 is 0 Å². The number of nitrogens with zero attached hydrogens (tertiary/aromatic N) is 1. The number of benzene rings is 1. The Kier molecular flexibility index (Phi) is 4.02. The third-order valence-corrected chi connectivity index (χ3v) is 2.88. The highest BCUT2D eigenvalue weighted by atomic mass is 16.5. The zero-order chi connectivity index (χ0) is 12.1. The van der Waals surface area contributed by atoms with Crippen molar-refractivity contribution in [3.63, 3.8) is 0 Å². The molecule has 0 amide bonds. The van der Waals surface area contributed by atoms with E-state index in [1.165, 1.54) is 19.3 Å². The summed E-state index contributed by atoms with van der Waals surface area (Å²) in [6.45, 7) is 2.21. The minimum atomic E-state index is 0.823. The van der Waals surface area contributed by atoms with Gasteiger partial charge in [-0.25, -0.2) is 4.98 Å². The lowest BCUT2D eigenvalue weighted by Gasteiger charge is -1.95. The highest BCUT2D eigenvalue weighted by Crippen LogP contribution is 2.22. The average molecular weight is 233 g/mol. The standard InChI is InChI=1S/C14H19NO2/c1-3-4-5-6-7-14-15-12-10-11(16-2)8-9-13(12)17-14/h8-10H,3-7H2,1-2H3. The second-order valence-electron chi connectivity index (χ2n) is 4.25. The SMILES string of the molecule is CCCCCCc1nc2cc(OC)ccc2o1.